The van der Waals surface area contributed by atoms with Gasteiger partial charge in [0.25, 0.3) is 0 Å². The monoisotopic (exact) mass is 188 g/mol. The van der Waals surface area contributed by atoms with Crippen molar-refractivity contribution in [2.24, 2.45) is 0 Å². The zero-order valence-corrected chi connectivity index (χ0v) is 7.91. The molecule has 2 heterocycles. The molecule has 4 nitrogen and oxygen atoms in total. The second-order valence-corrected chi connectivity index (χ2v) is 3.14. The van der Waals surface area contributed by atoms with E-state index < -0.39 is 0 Å². The summed E-state index contributed by atoms with van der Waals surface area (Å²) in [5.74, 6) is 1.74. The molecular weight excluding hydrogens is 176 g/mol. The van der Waals surface area contributed by atoms with Crippen LogP contribution in [0.1, 0.15) is 5.56 Å². The third-order valence-corrected chi connectivity index (χ3v) is 1.95. The summed E-state index contributed by atoms with van der Waals surface area (Å²) in [5, 5.41) is 3.16. The Morgan fingerprint density at radius 3 is 3.00 bits per heavy atom. The summed E-state index contributed by atoms with van der Waals surface area (Å²) < 4.78 is 0. The maximum atomic E-state index is 5.60. The van der Waals surface area contributed by atoms with Crippen LogP contribution in [0.3, 0.4) is 0 Å². The van der Waals surface area contributed by atoms with Crippen molar-refractivity contribution < 1.29 is 0 Å². The first-order valence-corrected chi connectivity index (χ1v) is 4.38. The highest BCUT2D eigenvalue weighted by Crippen LogP contribution is 2.17. The molecule has 0 unspecified atom stereocenters. The standard InChI is InChI=1S/C10H12N4/c1-7-5-8(11)6-13-10(7)14-9-3-2-4-12-9/h2-6,12H,11H2,1H3,(H,13,14). The highest BCUT2D eigenvalue weighted by atomic mass is 15.1. The number of hydrogen-bond donors (Lipinski definition) is 3. The van der Waals surface area contributed by atoms with Gasteiger partial charge in [-0.3, -0.25) is 0 Å². The van der Waals surface area contributed by atoms with Gasteiger partial charge >= 0.3 is 0 Å². The zero-order valence-electron chi connectivity index (χ0n) is 7.91. The van der Waals surface area contributed by atoms with Gasteiger partial charge in [0.2, 0.25) is 0 Å². The van der Waals surface area contributed by atoms with E-state index in [2.05, 4.69) is 15.3 Å². The van der Waals surface area contributed by atoms with E-state index in [1.807, 2.05) is 31.3 Å². The molecule has 0 radical (unpaired) electrons. The molecule has 0 aliphatic heterocycles. The van der Waals surface area contributed by atoms with Crippen LogP contribution in [0.15, 0.2) is 30.6 Å². The number of nitrogens with one attached hydrogen (secondary N) is 2. The summed E-state index contributed by atoms with van der Waals surface area (Å²) in [5.41, 5.74) is 7.31. The minimum Gasteiger partial charge on any atom is -0.397 e. The molecule has 0 bridgehead atoms. The van der Waals surface area contributed by atoms with Crippen molar-refractivity contribution in [3.05, 3.63) is 36.2 Å². The van der Waals surface area contributed by atoms with Crippen molar-refractivity contribution in [1.82, 2.24) is 9.97 Å². The molecule has 0 aliphatic carbocycles. The smallest absolute Gasteiger partial charge is 0.134 e. The number of nitrogens with two attached hydrogens (primary N) is 1. The van der Waals surface area contributed by atoms with Crippen LogP contribution in [-0.4, -0.2) is 9.97 Å². The lowest BCUT2D eigenvalue weighted by Gasteiger charge is -2.06. The Hall–Kier alpha value is -1.97. The Morgan fingerprint density at radius 1 is 1.50 bits per heavy atom. The molecule has 0 saturated carbocycles. The average molecular weight is 188 g/mol. The zero-order chi connectivity index (χ0) is 9.97. The number of aromatic amines is 1. The number of nitrogens with zero attached hydrogens (tertiary/aromatic N) is 1. The first-order chi connectivity index (χ1) is 6.75. The van der Waals surface area contributed by atoms with Crippen LogP contribution in [0.2, 0.25) is 0 Å². The van der Waals surface area contributed by atoms with Crippen LogP contribution in [0.5, 0.6) is 0 Å². The molecule has 2 rings (SSSR count). The van der Waals surface area contributed by atoms with E-state index >= 15 is 0 Å². The number of nitrogen functional groups attached to an aromatic ring is 1. The van der Waals surface area contributed by atoms with Gasteiger partial charge in [0.1, 0.15) is 11.6 Å². The van der Waals surface area contributed by atoms with E-state index in [0.29, 0.717) is 5.69 Å². The maximum Gasteiger partial charge on any atom is 0.134 e. The van der Waals surface area contributed by atoms with Gasteiger partial charge in [0, 0.05) is 6.20 Å². The van der Waals surface area contributed by atoms with Gasteiger partial charge in [0.15, 0.2) is 0 Å². The molecule has 0 atom stereocenters. The molecule has 4 heteroatoms. The minimum absolute atomic E-state index is 0.680. The highest BCUT2D eigenvalue weighted by Gasteiger charge is 2.00. The molecule has 4 N–H and O–H groups in total. The second kappa shape index (κ2) is 3.41. The van der Waals surface area contributed by atoms with Gasteiger partial charge in [-0.15, -0.1) is 0 Å². The number of aromatic nitrogens is 2. The topological polar surface area (TPSA) is 66.7 Å². The van der Waals surface area contributed by atoms with Crippen molar-refractivity contribution in [3.8, 4) is 0 Å². The fraction of sp³-hybridized carbons (Fsp3) is 0.100. The summed E-state index contributed by atoms with van der Waals surface area (Å²) in [6, 6.07) is 5.75. The molecule has 14 heavy (non-hydrogen) atoms. The molecule has 2 aromatic heterocycles. The van der Waals surface area contributed by atoms with Crippen molar-refractivity contribution in [1.29, 1.82) is 0 Å². The lowest BCUT2D eigenvalue weighted by molar-refractivity contribution is 1.24. The van der Waals surface area contributed by atoms with E-state index in [1.54, 1.807) is 6.20 Å². The van der Waals surface area contributed by atoms with Gasteiger partial charge in [-0.1, -0.05) is 0 Å². The van der Waals surface area contributed by atoms with Gasteiger partial charge in [-0.25, -0.2) is 4.98 Å². The van der Waals surface area contributed by atoms with Crippen molar-refractivity contribution in [2.75, 3.05) is 11.1 Å². The quantitative estimate of drug-likeness (QED) is 0.675. The van der Waals surface area contributed by atoms with Crippen LogP contribution >= 0.6 is 0 Å². The number of H-pyrrole nitrogens is 1. The normalized spacial score (nSPS) is 10.1. The number of anilines is 3. The first kappa shape index (κ1) is 8.62. The molecule has 0 aliphatic rings. The SMILES string of the molecule is Cc1cc(N)cnc1Nc1ccc[nH]1. The summed E-state index contributed by atoms with van der Waals surface area (Å²) in [4.78, 5) is 7.24. The summed E-state index contributed by atoms with van der Waals surface area (Å²) >= 11 is 0. The molecule has 0 fully saturated rings. The average Bonchev–Trinajstić information content (AvgIpc) is 2.62. The maximum absolute atomic E-state index is 5.60. The van der Waals surface area contributed by atoms with Gasteiger partial charge in [0.05, 0.1) is 11.9 Å². The highest BCUT2D eigenvalue weighted by molar-refractivity contribution is 5.58. The summed E-state index contributed by atoms with van der Waals surface area (Å²) in [6.07, 6.45) is 3.49. The van der Waals surface area contributed by atoms with E-state index in [4.69, 9.17) is 5.73 Å². The molecule has 0 aromatic carbocycles. The van der Waals surface area contributed by atoms with Gasteiger partial charge < -0.3 is 16.0 Å². The lowest BCUT2D eigenvalue weighted by atomic mass is 10.2. The van der Waals surface area contributed by atoms with E-state index in [1.165, 1.54) is 0 Å². The number of rotatable bonds is 2. The van der Waals surface area contributed by atoms with Crippen LogP contribution in [-0.2, 0) is 0 Å². The largest absolute Gasteiger partial charge is 0.397 e. The third-order valence-electron chi connectivity index (χ3n) is 1.95. The number of aryl methyl sites for hydroxylation is 1. The number of pyridine rings is 1. The molecule has 0 amide bonds. The van der Waals surface area contributed by atoms with Crippen LogP contribution in [0, 0.1) is 6.92 Å². The van der Waals surface area contributed by atoms with Gasteiger partial charge in [-0.05, 0) is 30.7 Å². The fourth-order valence-corrected chi connectivity index (χ4v) is 1.26. The fourth-order valence-electron chi connectivity index (χ4n) is 1.26. The van der Waals surface area contributed by atoms with E-state index in [-0.39, 0.29) is 0 Å². The predicted molar refractivity (Wildman–Crippen MR) is 57.5 cm³/mol. The van der Waals surface area contributed by atoms with Gasteiger partial charge in [-0.2, -0.15) is 0 Å². The Bertz CT molecular complexity index is 420. The van der Waals surface area contributed by atoms with Crippen LogP contribution < -0.4 is 11.1 Å². The van der Waals surface area contributed by atoms with Crippen LogP contribution in [0.4, 0.5) is 17.3 Å². The Morgan fingerprint density at radius 2 is 2.36 bits per heavy atom. The van der Waals surface area contributed by atoms with Crippen molar-refractivity contribution in [2.45, 2.75) is 6.92 Å². The third kappa shape index (κ3) is 1.69. The first-order valence-electron chi connectivity index (χ1n) is 4.38. The molecular formula is C10H12N4. The van der Waals surface area contributed by atoms with Crippen molar-refractivity contribution in [3.63, 3.8) is 0 Å². The Kier molecular flexibility index (Phi) is 2.10. The second-order valence-electron chi connectivity index (χ2n) is 3.14. The van der Waals surface area contributed by atoms with E-state index in [9.17, 15) is 0 Å². The molecule has 2 aromatic rings. The molecule has 0 saturated heterocycles. The summed E-state index contributed by atoms with van der Waals surface area (Å²) in [7, 11) is 0. The van der Waals surface area contributed by atoms with Crippen molar-refractivity contribution >= 4 is 17.3 Å². The Balaban J connectivity index is 2.25. The minimum atomic E-state index is 0.680. The van der Waals surface area contributed by atoms with Crippen LogP contribution in [0.25, 0.3) is 0 Å². The molecule has 0 spiro atoms. The summed E-state index contributed by atoms with van der Waals surface area (Å²) in [6.45, 7) is 1.97. The Labute approximate surface area is 82.2 Å². The lowest BCUT2D eigenvalue weighted by Crippen LogP contribution is -1.97. The number of hydrogen-bond acceptors (Lipinski definition) is 3. The molecule has 72 valence electrons. The predicted octanol–water partition coefficient (Wildman–Crippen LogP) is 2.04. The van der Waals surface area contributed by atoms with E-state index in [0.717, 1.165) is 17.2 Å².